The lowest BCUT2D eigenvalue weighted by Gasteiger charge is -2.17. The summed E-state index contributed by atoms with van der Waals surface area (Å²) in [7, 11) is 1.73. The third-order valence-electron chi connectivity index (χ3n) is 3.16. The van der Waals surface area contributed by atoms with Crippen LogP contribution >= 0.6 is 0 Å². The second-order valence-corrected chi connectivity index (χ2v) is 4.67. The summed E-state index contributed by atoms with van der Waals surface area (Å²) in [4.78, 5) is 11.7. The summed E-state index contributed by atoms with van der Waals surface area (Å²) in [5, 5.41) is 0. The summed E-state index contributed by atoms with van der Waals surface area (Å²) in [6, 6.07) is 1.97. The molecule has 0 N–H and O–H groups in total. The predicted molar refractivity (Wildman–Crippen MR) is 62.7 cm³/mol. The molecule has 1 aromatic rings. The molecule has 0 spiro atoms. The van der Waals surface area contributed by atoms with Crippen molar-refractivity contribution in [2.45, 2.75) is 32.7 Å². The average molecular weight is 221 g/mol. The molecule has 1 aromatic heterocycles. The number of aromatic nitrogens is 1. The summed E-state index contributed by atoms with van der Waals surface area (Å²) in [5.41, 5.74) is 2.16. The Morgan fingerprint density at radius 1 is 1.50 bits per heavy atom. The fraction of sp³-hybridized carbons (Fsp3) is 0.615. The molecular weight excluding hydrogens is 202 g/mol. The van der Waals surface area contributed by atoms with Crippen molar-refractivity contribution in [1.82, 2.24) is 4.57 Å². The van der Waals surface area contributed by atoms with E-state index in [1.807, 2.05) is 12.3 Å². The maximum atomic E-state index is 11.7. The number of ketones is 1. The molecule has 0 bridgehead atoms. The number of methoxy groups -OCH3 is 1. The number of fused-ring (bicyclic) bond motifs is 1. The van der Waals surface area contributed by atoms with Gasteiger partial charge in [-0.15, -0.1) is 0 Å². The summed E-state index contributed by atoms with van der Waals surface area (Å²) in [6.07, 6.45) is 4.78. The molecule has 0 fully saturated rings. The molecule has 1 aliphatic rings. The number of Topliss-reactive ketones (excluding diaryl/α,β-unsaturated/α-hetero) is 1. The van der Waals surface area contributed by atoms with Crippen molar-refractivity contribution in [2.75, 3.05) is 13.7 Å². The number of carbonyl (C=O) groups excluding carboxylic acids is 1. The molecule has 2 rings (SSSR count). The SMILES string of the molecule is COCC(C)Cn1ccc2c1CCCC2=O. The van der Waals surface area contributed by atoms with E-state index >= 15 is 0 Å². The van der Waals surface area contributed by atoms with Gasteiger partial charge in [-0.3, -0.25) is 4.79 Å². The molecule has 1 unspecified atom stereocenters. The van der Waals surface area contributed by atoms with Gasteiger partial charge in [0.2, 0.25) is 0 Å². The first-order valence-electron chi connectivity index (χ1n) is 5.92. The Morgan fingerprint density at radius 2 is 2.31 bits per heavy atom. The monoisotopic (exact) mass is 221 g/mol. The summed E-state index contributed by atoms with van der Waals surface area (Å²) >= 11 is 0. The lowest BCUT2D eigenvalue weighted by molar-refractivity contribution is 0.0971. The van der Waals surface area contributed by atoms with Crippen LogP contribution in [0.1, 0.15) is 35.8 Å². The molecule has 0 aromatic carbocycles. The minimum Gasteiger partial charge on any atom is -0.384 e. The van der Waals surface area contributed by atoms with E-state index in [0.29, 0.717) is 18.1 Å². The predicted octanol–water partition coefficient (Wildman–Crippen LogP) is 2.29. The van der Waals surface area contributed by atoms with Crippen LogP contribution in [0.5, 0.6) is 0 Å². The molecular formula is C13H19NO2. The Balaban J connectivity index is 2.14. The van der Waals surface area contributed by atoms with Gasteiger partial charge < -0.3 is 9.30 Å². The van der Waals surface area contributed by atoms with Gasteiger partial charge in [-0.2, -0.15) is 0 Å². The van der Waals surface area contributed by atoms with Crippen LogP contribution < -0.4 is 0 Å². The molecule has 88 valence electrons. The van der Waals surface area contributed by atoms with Gasteiger partial charge in [0.1, 0.15) is 0 Å². The number of ether oxygens (including phenoxy) is 1. The quantitative estimate of drug-likeness (QED) is 0.781. The van der Waals surface area contributed by atoms with E-state index in [4.69, 9.17) is 4.74 Å². The molecule has 1 aliphatic carbocycles. The molecule has 1 heterocycles. The van der Waals surface area contributed by atoms with Gasteiger partial charge in [0.15, 0.2) is 5.78 Å². The second kappa shape index (κ2) is 4.83. The van der Waals surface area contributed by atoms with Crippen molar-refractivity contribution in [2.24, 2.45) is 5.92 Å². The summed E-state index contributed by atoms with van der Waals surface area (Å²) in [5.74, 6) is 0.790. The van der Waals surface area contributed by atoms with E-state index in [1.54, 1.807) is 7.11 Å². The molecule has 0 saturated carbocycles. The van der Waals surface area contributed by atoms with E-state index in [9.17, 15) is 4.79 Å². The Labute approximate surface area is 96.4 Å². The minimum absolute atomic E-state index is 0.305. The molecule has 0 saturated heterocycles. The van der Waals surface area contributed by atoms with Crippen molar-refractivity contribution in [3.05, 3.63) is 23.5 Å². The van der Waals surface area contributed by atoms with Crippen molar-refractivity contribution >= 4 is 5.78 Å². The van der Waals surface area contributed by atoms with Crippen LogP contribution in [0.3, 0.4) is 0 Å². The molecule has 16 heavy (non-hydrogen) atoms. The first-order valence-corrected chi connectivity index (χ1v) is 5.92. The van der Waals surface area contributed by atoms with Gasteiger partial charge >= 0.3 is 0 Å². The van der Waals surface area contributed by atoms with Crippen LogP contribution in [0.2, 0.25) is 0 Å². The van der Waals surface area contributed by atoms with Crippen LogP contribution in [0.25, 0.3) is 0 Å². The molecule has 0 amide bonds. The zero-order valence-electron chi connectivity index (χ0n) is 10.0. The molecule has 3 nitrogen and oxygen atoms in total. The Hall–Kier alpha value is -1.09. The van der Waals surface area contributed by atoms with Gasteiger partial charge in [-0.05, 0) is 24.8 Å². The van der Waals surface area contributed by atoms with Gasteiger partial charge in [0.25, 0.3) is 0 Å². The van der Waals surface area contributed by atoms with Gasteiger partial charge in [0.05, 0.1) is 6.61 Å². The fourth-order valence-corrected chi connectivity index (χ4v) is 2.43. The van der Waals surface area contributed by atoms with Gasteiger partial charge in [-0.25, -0.2) is 0 Å². The van der Waals surface area contributed by atoms with Crippen LogP contribution in [-0.2, 0) is 17.7 Å². The van der Waals surface area contributed by atoms with E-state index in [-0.39, 0.29) is 0 Å². The number of carbonyl (C=O) groups is 1. The van der Waals surface area contributed by atoms with E-state index < -0.39 is 0 Å². The Morgan fingerprint density at radius 3 is 3.06 bits per heavy atom. The van der Waals surface area contributed by atoms with Crippen molar-refractivity contribution in [3.63, 3.8) is 0 Å². The number of hydrogen-bond donors (Lipinski definition) is 0. The van der Waals surface area contributed by atoms with E-state index in [0.717, 1.165) is 31.6 Å². The summed E-state index contributed by atoms with van der Waals surface area (Å²) < 4.78 is 7.36. The molecule has 1 atom stereocenters. The normalized spacial score (nSPS) is 17.2. The molecule has 3 heteroatoms. The minimum atomic E-state index is 0.305. The maximum absolute atomic E-state index is 11.7. The highest BCUT2D eigenvalue weighted by molar-refractivity contribution is 5.98. The highest BCUT2D eigenvalue weighted by Gasteiger charge is 2.20. The first kappa shape index (κ1) is 11.4. The van der Waals surface area contributed by atoms with Crippen LogP contribution in [0.15, 0.2) is 12.3 Å². The topological polar surface area (TPSA) is 31.2 Å². The van der Waals surface area contributed by atoms with Crippen LogP contribution in [-0.4, -0.2) is 24.1 Å². The third-order valence-corrected chi connectivity index (χ3v) is 3.16. The second-order valence-electron chi connectivity index (χ2n) is 4.67. The highest BCUT2D eigenvalue weighted by Crippen LogP contribution is 2.23. The molecule has 0 aliphatic heterocycles. The van der Waals surface area contributed by atoms with E-state index in [1.165, 1.54) is 5.69 Å². The third kappa shape index (κ3) is 2.19. The standard InChI is InChI=1S/C13H19NO2/c1-10(9-16-2)8-14-7-6-11-12(14)4-3-5-13(11)15/h6-7,10H,3-5,8-9H2,1-2H3. The lowest BCUT2D eigenvalue weighted by atomic mass is 9.96. The average Bonchev–Trinajstić information content (AvgIpc) is 2.64. The van der Waals surface area contributed by atoms with Crippen LogP contribution in [0.4, 0.5) is 0 Å². The van der Waals surface area contributed by atoms with E-state index in [2.05, 4.69) is 11.5 Å². The van der Waals surface area contributed by atoms with Gasteiger partial charge in [-0.1, -0.05) is 6.92 Å². The number of hydrogen-bond acceptors (Lipinski definition) is 2. The fourth-order valence-electron chi connectivity index (χ4n) is 2.43. The zero-order valence-corrected chi connectivity index (χ0v) is 10.0. The number of nitrogens with zero attached hydrogens (tertiary/aromatic N) is 1. The Kier molecular flexibility index (Phi) is 3.44. The molecule has 0 radical (unpaired) electrons. The van der Waals surface area contributed by atoms with Crippen molar-refractivity contribution in [1.29, 1.82) is 0 Å². The highest BCUT2D eigenvalue weighted by atomic mass is 16.5. The summed E-state index contributed by atoms with van der Waals surface area (Å²) in [6.45, 7) is 3.87. The van der Waals surface area contributed by atoms with Crippen molar-refractivity contribution in [3.8, 4) is 0 Å². The van der Waals surface area contributed by atoms with Crippen LogP contribution in [0, 0.1) is 5.92 Å². The zero-order chi connectivity index (χ0) is 11.5. The lowest BCUT2D eigenvalue weighted by Crippen LogP contribution is -2.17. The smallest absolute Gasteiger partial charge is 0.164 e. The maximum Gasteiger partial charge on any atom is 0.164 e. The van der Waals surface area contributed by atoms with Crippen molar-refractivity contribution < 1.29 is 9.53 Å². The first-order chi connectivity index (χ1) is 7.72. The Bertz CT molecular complexity index is 381. The van der Waals surface area contributed by atoms with Gasteiger partial charge in [0, 0.05) is 37.5 Å². The number of rotatable bonds is 4. The largest absolute Gasteiger partial charge is 0.384 e.